The number of aliphatic hydroxyl groups excluding tert-OH is 1. The molecule has 0 fully saturated rings. The molecule has 0 saturated heterocycles. The summed E-state index contributed by atoms with van der Waals surface area (Å²) in [6.07, 6.45) is -0.257. The third-order valence-corrected chi connectivity index (χ3v) is 4.53. The largest absolute Gasteiger partial charge is 0.392 e. The average Bonchev–Trinajstić information content (AvgIpc) is 2.93. The monoisotopic (exact) mass is 332 g/mol. The van der Waals surface area contributed by atoms with Gasteiger partial charge < -0.3 is 10.0 Å². The van der Waals surface area contributed by atoms with Gasteiger partial charge in [0.25, 0.3) is 0 Å². The van der Waals surface area contributed by atoms with Gasteiger partial charge in [-0.3, -0.25) is 4.79 Å². The molecule has 0 bridgehead atoms. The van der Waals surface area contributed by atoms with Crippen LogP contribution in [0, 0.1) is 6.92 Å². The van der Waals surface area contributed by atoms with Crippen molar-refractivity contribution in [2.24, 2.45) is 0 Å². The van der Waals surface area contributed by atoms with E-state index in [1.54, 1.807) is 23.2 Å². The normalized spacial score (nSPS) is 12.4. The highest BCUT2D eigenvalue weighted by atomic mass is 32.1. The number of amides is 1. The quantitative estimate of drug-likeness (QED) is 0.883. The molecule has 5 heteroatoms. The zero-order valence-corrected chi connectivity index (χ0v) is 14.9. The molecular weight excluding hydrogens is 308 g/mol. The van der Waals surface area contributed by atoms with Gasteiger partial charge in [0.1, 0.15) is 5.01 Å². The van der Waals surface area contributed by atoms with Gasteiger partial charge in [-0.2, -0.15) is 0 Å². The molecule has 0 aliphatic rings. The number of hydrogen-bond donors (Lipinski definition) is 1. The van der Waals surface area contributed by atoms with Crippen LogP contribution in [0.4, 0.5) is 0 Å². The Kier molecular flexibility index (Phi) is 5.91. The molecule has 1 unspecified atom stereocenters. The number of nitrogens with zero attached hydrogens (tertiary/aromatic N) is 2. The number of aromatic nitrogens is 1. The fourth-order valence-corrected chi connectivity index (χ4v) is 3.18. The number of carbonyl (C=O) groups excluding carboxylic acids is 1. The van der Waals surface area contributed by atoms with E-state index in [-0.39, 0.29) is 18.4 Å². The van der Waals surface area contributed by atoms with E-state index in [9.17, 15) is 9.90 Å². The van der Waals surface area contributed by atoms with Crippen LogP contribution in [-0.2, 0) is 11.2 Å². The maximum Gasteiger partial charge on any atom is 0.228 e. The minimum Gasteiger partial charge on any atom is -0.392 e. The van der Waals surface area contributed by atoms with Gasteiger partial charge >= 0.3 is 0 Å². The van der Waals surface area contributed by atoms with Crippen LogP contribution in [-0.4, -0.2) is 39.6 Å². The standard InChI is InChI=1S/C18H24N2O2S/c1-12(2)20(10-14(4)21)17(22)9-16-11-23-18(19-16)15-7-5-13(3)6-8-15/h5-8,11-12,14,21H,9-10H2,1-4H3. The molecule has 124 valence electrons. The first kappa shape index (κ1) is 17.6. The highest BCUT2D eigenvalue weighted by Crippen LogP contribution is 2.24. The average molecular weight is 332 g/mol. The third-order valence-electron chi connectivity index (χ3n) is 3.59. The number of aryl methyl sites for hydroxylation is 1. The first-order valence-corrected chi connectivity index (χ1v) is 8.73. The number of hydrogen-bond acceptors (Lipinski definition) is 4. The van der Waals surface area contributed by atoms with Gasteiger partial charge in [-0.15, -0.1) is 11.3 Å². The predicted octanol–water partition coefficient (Wildman–Crippen LogP) is 3.28. The van der Waals surface area contributed by atoms with E-state index in [1.807, 2.05) is 31.4 Å². The van der Waals surface area contributed by atoms with Crippen LogP contribution in [0.1, 0.15) is 32.0 Å². The van der Waals surface area contributed by atoms with E-state index in [4.69, 9.17) is 0 Å². The van der Waals surface area contributed by atoms with Crippen molar-refractivity contribution in [1.82, 2.24) is 9.88 Å². The Morgan fingerprint density at radius 2 is 1.91 bits per heavy atom. The lowest BCUT2D eigenvalue weighted by molar-refractivity contribution is -0.133. The minimum absolute atomic E-state index is 0.00153. The Bertz CT molecular complexity index is 647. The van der Waals surface area contributed by atoms with Crippen molar-refractivity contribution in [3.8, 4) is 10.6 Å². The Morgan fingerprint density at radius 3 is 2.48 bits per heavy atom. The van der Waals surface area contributed by atoms with Crippen LogP contribution < -0.4 is 0 Å². The number of benzene rings is 1. The van der Waals surface area contributed by atoms with Crippen molar-refractivity contribution in [1.29, 1.82) is 0 Å². The summed E-state index contributed by atoms with van der Waals surface area (Å²) in [6.45, 7) is 8.02. The SMILES string of the molecule is Cc1ccc(-c2nc(CC(=O)N(CC(C)O)C(C)C)cs2)cc1. The van der Waals surface area contributed by atoms with Gasteiger partial charge in [0.05, 0.1) is 18.2 Å². The van der Waals surface area contributed by atoms with Gasteiger partial charge in [-0.1, -0.05) is 29.8 Å². The fraction of sp³-hybridized carbons (Fsp3) is 0.444. The number of aliphatic hydroxyl groups is 1. The molecule has 1 amide bonds. The molecular formula is C18H24N2O2S. The minimum atomic E-state index is -0.528. The second-order valence-corrected chi connectivity index (χ2v) is 7.03. The van der Waals surface area contributed by atoms with Crippen LogP contribution in [0.25, 0.3) is 10.6 Å². The molecule has 0 spiro atoms. The molecule has 0 radical (unpaired) electrons. The molecule has 4 nitrogen and oxygen atoms in total. The van der Waals surface area contributed by atoms with Gasteiger partial charge in [-0.05, 0) is 27.7 Å². The Hall–Kier alpha value is -1.72. The lowest BCUT2D eigenvalue weighted by Gasteiger charge is -2.27. The summed E-state index contributed by atoms with van der Waals surface area (Å²) < 4.78 is 0. The lowest BCUT2D eigenvalue weighted by atomic mass is 10.1. The maximum absolute atomic E-state index is 12.5. The van der Waals surface area contributed by atoms with Crippen molar-refractivity contribution in [3.63, 3.8) is 0 Å². The summed E-state index contributed by atoms with van der Waals surface area (Å²) in [6, 6.07) is 8.28. The van der Waals surface area contributed by atoms with E-state index < -0.39 is 6.10 Å². The zero-order chi connectivity index (χ0) is 17.0. The Morgan fingerprint density at radius 1 is 1.26 bits per heavy atom. The van der Waals surface area contributed by atoms with Crippen molar-refractivity contribution in [2.45, 2.75) is 46.3 Å². The Balaban J connectivity index is 2.08. The highest BCUT2D eigenvalue weighted by molar-refractivity contribution is 7.13. The fourth-order valence-electron chi connectivity index (χ4n) is 2.36. The predicted molar refractivity (Wildman–Crippen MR) is 94.5 cm³/mol. The summed E-state index contributed by atoms with van der Waals surface area (Å²) in [5, 5.41) is 12.4. The molecule has 0 aliphatic carbocycles. The second kappa shape index (κ2) is 7.70. The topological polar surface area (TPSA) is 53.4 Å². The number of thiazole rings is 1. The first-order chi connectivity index (χ1) is 10.9. The van der Waals surface area contributed by atoms with Crippen molar-refractivity contribution in [3.05, 3.63) is 40.9 Å². The molecule has 1 N–H and O–H groups in total. The van der Waals surface area contributed by atoms with Crippen molar-refractivity contribution >= 4 is 17.2 Å². The first-order valence-electron chi connectivity index (χ1n) is 7.85. The molecule has 1 atom stereocenters. The van der Waals surface area contributed by atoms with Gasteiger partial charge in [0, 0.05) is 23.5 Å². The van der Waals surface area contributed by atoms with E-state index in [2.05, 4.69) is 24.0 Å². The molecule has 0 saturated carbocycles. The lowest BCUT2D eigenvalue weighted by Crippen LogP contribution is -2.42. The number of rotatable bonds is 6. The molecule has 1 heterocycles. The summed E-state index contributed by atoms with van der Waals surface area (Å²) in [5.74, 6) is 0.00153. The van der Waals surface area contributed by atoms with Crippen LogP contribution in [0.3, 0.4) is 0 Å². The summed E-state index contributed by atoms with van der Waals surface area (Å²) >= 11 is 1.55. The number of carbonyl (C=O) groups is 1. The van der Waals surface area contributed by atoms with Gasteiger partial charge in [0.2, 0.25) is 5.91 Å². The van der Waals surface area contributed by atoms with E-state index in [1.165, 1.54) is 5.56 Å². The van der Waals surface area contributed by atoms with E-state index >= 15 is 0 Å². The Labute approximate surface area is 141 Å². The van der Waals surface area contributed by atoms with Crippen molar-refractivity contribution < 1.29 is 9.90 Å². The van der Waals surface area contributed by atoms with E-state index in [0.29, 0.717) is 6.54 Å². The molecule has 2 rings (SSSR count). The van der Waals surface area contributed by atoms with Crippen molar-refractivity contribution in [2.75, 3.05) is 6.54 Å². The van der Waals surface area contributed by atoms with Crippen LogP contribution in [0.5, 0.6) is 0 Å². The van der Waals surface area contributed by atoms with Gasteiger partial charge in [0.15, 0.2) is 0 Å². The molecule has 23 heavy (non-hydrogen) atoms. The van der Waals surface area contributed by atoms with Crippen LogP contribution >= 0.6 is 11.3 Å². The summed E-state index contributed by atoms with van der Waals surface area (Å²) in [7, 11) is 0. The van der Waals surface area contributed by atoms with Crippen LogP contribution in [0.2, 0.25) is 0 Å². The third kappa shape index (κ3) is 4.88. The summed E-state index contributed by atoms with van der Waals surface area (Å²) in [4.78, 5) is 18.7. The van der Waals surface area contributed by atoms with Gasteiger partial charge in [-0.25, -0.2) is 4.98 Å². The highest BCUT2D eigenvalue weighted by Gasteiger charge is 2.20. The molecule has 0 aliphatic heterocycles. The van der Waals surface area contributed by atoms with Crippen LogP contribution in [0.15, 0.2) is 29.6 Å². The second-order valence-electron chi connectivity index (χ2n) is 6.18. The molecule has 1 aromatic heterocycles. The zero-order valence-electron chi connectivity index (χ0n) is 14.1. The summed E-state index contributed by atoms with van der Waals surface area (Å²) in [5.41, 5.74) is 3.07. The molecule has 2 aromatic rings. The molecule has 1 aromatic carbocycles. The maximum atomic E-state index is 12.5. The van der Waals surface area contributed by atoms with E-state index in [0.717, 1.165) is 16.3 Å². The smallest absolute Gasteiger partial charge is 0.228 e.